The summed E-state index contributed by atoms with van der Waals surface area (Å²) in [5.74, 6) is -0.159. The van der Waals surface area contributed by atoms with Gasteiger partial charge in [-0.1, -0.05) is 46.2 Å². The van der Waals surface area contributed by atoms with Gasteiger partial charge in [-0.25, -0.2) is 0 Å². The maximum absolute atomic E-state index is 12.1. The van der Waals surface area contributed by atoms with Crippen molar-refractivity contribution in [2.24, 2.45) is 17.1 Å². The van der Waals surface area contributed by atoms with Crippen molar-refractivity contribution in [2.75, 3.05) is 11.9 Å². The molecule has 0 aromatic heterocycles. The second-order valence-electron chi connectivity index (χ2n) is 7.13. The molecule has 1 aromatic carbocycles. The molecule has 0 aliphatic rings. The van der Waals surface area contributed by atoms with Crippen LogP contribution < -0.4 is 16.4 Å². The van der Waals surface area contributed by atoms with E-state index in [4.69, 9.17) is 17.3 Å². The largest absolute Gasteiger partial charge is 0.352 e. The second kappa shape index (κ2) is 9.25. The Labute approximate surface area is 155 Å². The molecule has 24 heavy (non-hydrogen) atoms. The summed E-state index contributed by atoms with van der Waals surface area (Å²) in [6.45, 7) is 10.3. The number of halogens is 2. The van der Waals surface area contributed by atoms with Crippen LogP contribution in [0.15, 0.2) is 18.2 Å². The number of nitrogens with one attached hydrogen (secondary N) is 2. The van der Waals surface area contributed by atoms with Gasteiger partial charge >= 0.3 is 0 Å². The molecule has 0 aliphatic heterocycles. The first-order valence-electron chi connectivity index (χ1n) is 7.66. The lowest BCUT2D eigenvalue weighted by Gasteiger charge is -2.25. The van der Waals surface area contributed by atoms with Crippen LogP contribution in [0.2, 0.25) is 5.02 Å². The lowest BCUT2D eigenvalue weighted by atomic mass is 9.87. The number of hydrogen-bond acceptors (Lipinski definition) is 3. The Morgan fingerprint density at radius 1 is 1.25 bits per heavy atom. The Bertz CT molecular complexity index is 584. The fourth-order valence-corrected chi connectivity index (χ4v) is 2.05. The topological polar surface area (TPSA) is 84.2 Å². The number of carbonyl (C=O) groups excluding carboxylic acids is 2. The van der Waals surface area contributed by atoms with Gasteiger partial charge in [0.25, 0.3) is 5.91 Å². The summed E-state index contributed by atoms with van der Waals surface area (Å²) in [7, 11) is 0. The minimum atomic E-state index is -0.643. The Morgan fingerprint density at radius 2 is 1.83 bits per heavy atom. The first kappa shape index (κ1) is 22.7. The SMILES string of the molecule is CC(C)CNC(=O)c1ccc(NC(=O)[C@@H](N)C(C)(C)C)cc1Cl.Cl. The van der Waals surface area contributed by atoms with E-state index >= 15 is 0 Å². The zero-order chi connectivity index (χ0) is 17.8. The third-order valence-electron chi connectivity index (χ3n) is 3.37. The van der Waals surface area contributed by atoms with Crippen LogP contribution in [0.1, 0.15) is 45.0 Å². The molecule has 1 atom stereocenters. The number of hydrogen-bond donors (Lipinski definition) is 3. The van der Waals surface area contributed by atoms with E-state index in [0.717, 1.165) is 0 Å². The van der Waals surface area contributed by atoms with Crippen molar-refractivity contribution in [3.8, 4) is 0 Å². The van der Waals surface area contributed by atoms with Crippen LogP contribution in [0, 0.1) is 11.3 Å². The number of nitrogens with two attached hydrogens (primary N) is 1. The molecule has 0 radical (unpaired) electrons. The molecule has 0 saturated carbocycles. The van der Waals surface area contributed by atoms with E-state index in [9.17, 15) is 9.59 Å². The second-order valence-corrected chi connectivity index (χ2v) is 7.54. The van der Waals surface area contributed by atoms with Crippen LogP contribution >= 0.6 is 24.0 Å². The molecule has 0 saturated heterocycles. The van der Waals surface area contributed by atoms with Crippen molar-refractivity contribution in [1.29, 1.82) is 0 Å². The van der Waals surface area contributed by atoms with E-state index in [1.54, 1.807) is 18.2 Å². The number of rotatable bonds is 5. The third kappa shape index (κ3) is 6.67. The van der Waals surface area contributed by atoms with Gasteiger partial charge < -0.3 is 16.4 Å². The highest BCUT2D eigenvalue weighted by atomic mass is 35.5. The van der Waals surface area contributed by atoms with Crippen LogP contribution in [-0.4, -0.2) is 24.4 Å². The molecule has 0 spiro atoms. The maximum atomic E-state index is 12.1. The quantitative estimate of drug-likeness (QED) is 0.736. The predicted octanol–water partition coefficient (Wildman–Crippen LogP) is 3.46. The van der Waals surface area contributed by atoms with E-state index < -0.39 is 6.04 Å². The van der Waals surface area contributed by atoms with Crippen molar-refractivity contribution in [2.45, 2.75) is 40.7 Å². The summed E-state index contributed by atoms with van der Waals surface area (Å²) in [5, 5.41) is 5.82. The molecule has 136 valence electrons. The van der Waals surface area contributed by atoms with Crippen LogP contribution in [0.4, 0.5) is 5.69 Å². The van der Waals surface area contributed by atoms with Crippen molar-refractivity contribution in [1.82, 2.24) is 5.32 Å². The van der Waals surface area contributed by atoms with E-state index in [0.29, 0.717) is 23.7 Å². The zero-order valence-electron chi connectivity index (χ0n) is 14.8. The standard InChI is InChI=1S/C17H26ClN3O2.ClH/c1-10(2)9-20-15(22)12-7-6-11(8-13(12)18)21-16(23)14(19)17(3,4)5;/h6-8,10,14H,9,19H2,1-5H3,(H,20,22)(H,21,23);1H/t14-;/m1./s1. The fraction of sp³-hybridized carbons (Fsp3) is 0.529. The molecule has 1 aromatic rings. The molecular weight excluding hydrogens is 349 g/mol. The molecule has 4 N–H and O–H groups in total. The summed E-state index contributed by atoms with van der Waals surface area (Å²) < 4.78 is 0. The molecule has 0 heterocycles. The number of benzene rings is 1. The van der Waals surface area contributed by atoms with E-state index in [-0.39, 0.29) is 34.7 Å². The molecule has 1 rings (SSSR count). The van der Waals surface area contributed by atoms with E-state index in [2.05, 4.69) is 10.6 Å². The zero-order valence-corrected chi connectivity index (χ0v) is 16.3. The molecule has 0 aliphatic carbocycles. The summed E-state index contributed by atoms with van der Waals surface area (Å²) in [6.07, 6.45) is 0. The van der Waals surface area contributed by atoms with Crippen LogP contribution in [0.25, 0.3) is 0 Å². The van der Waals surface area contributed by atoms with Gasteiger partial charge in [-0.2, -0.15) is 0 Å². The Hall–Kier alpha value is -1.30. The lowest BCUT2D eigenvalue weighted by molar-refractivity contribution is -0.119. The highest BCUT2D eigenvalue weighted by Crippen LogP contribution is 2.23. The lowest BCUT2D eigenvalue weighted by Crippen LogP contribution is -2.45. The summed E-state index contributed by atoms with van der Waals surface area (Å²) in [4.78, 5) is 24.1. The fourth-order valence-electron chi connectivity index (χ4n) is 1.78. The predicted molar refractivity (Wildman–Crippen MR) is 102 cm³/mol. The molecule has 7 heteroatoms. The average Bonchev–Trinajstić information content (AvgIpc) is 2.43. The minimum Gasteiger partial charge on any atom is -0.352 e. The van der Waals surface area contributed by atoms with Crippen LogP contribution in [-0.2, 0) is 4.79 Å². The smallest absolute Gasteiger partial charge is 0.252 e. The van der Waals surface area contributed by atoms with Crippen molar-refractivity contribution >= 4 is 41.5 Å². The van der Waals surface area contributed by atoms with Gasteiger partial charge in [0.05, 0.1) is 16.6 Å². The summed E-state index contributed by atoms with van der Waals surface area (Å²) >= 11 is 6.15. The monoisotopic (exact) mass is 375 g/mol. The Balaban J connectivity index is 0.00000529. The van der Waals surface area contributed by atoms with Crippen molar-refractivity contribution in [3.63, 3.8) is 0 Å². The highest BCUT2D eigenvalue weighted by Gasteiger charge is 2.27. The Kier molecular flexibility index (Phi) is 8.75. The molecule has 0 fully saturated rings. The Morgan fingerprint density at radius 3 is 2.29 bits per heavy atom. The van der Waals surface area contributed by atoms with Crippen LogP contribution in [0.5, 0.6) is 0 Å². The molecule has 0 unspecified atom stereocenters. The van der Waals surface area contributed by atoms with Gasteiger partial charge in [0, 0.05) is 12.2 Å². The van der Waals surface area contributed by atoms with Gasteiger partial charge in [-0.05, 0) is 29.5 Å². The molecule has 5 nitrogen and oxygen atoms in total. The average molecular weight is 376 g/mol. The van der Waals surface area contributed by atoms with Gasteiger partial charge in [0.15, 0.2) is 0 Å². The van der Waals surface area contributed by atoms with E-state index in [1.165, 1.54) is 0 Å². The van der Waals surface area contributed by atoms with Crippen molar-refractivity contribution < 1.29 is 9.59 Å². The molecule has 2 amide bonds. The highest BCUT2D eigenvalue weighted by molar-refractivity contribution is 6.34. The van der Waals surface area contributed by atoms with Gasteiger partial charge in [-0.15, -0.1) is 12.4 Å². The summed E-state index contributed by atoms with van der Waals surface area (Å²) in [5.41, 5.74) is 6.47. The first-order chi connectivity index (χ1) is 10.5. The summed E-state index contributed by atoms with van der Waals surface area (Å²) in [6, 6.07) is 4.15. The number of amides is 2. The molecular formula is C17H27Cl2N3O2. The van der Waals surface area contributed by atoms with E-state index in [1.807, 2.05) is 34.6 Å². The van der Waals surface area contributed by atoms with Crippen LogP contribution in [0.3, 0.4) is 0 Å². The van der Waals surface area contributed by atoms with Crippen molar-refractivity contribution in [3.05, 3.63) is 28.8 Å². The van der Waals surface area contributed by atoms with Gasteiger partial charge in [-0.3, -0.25) is 9.59 Å². The number of anilines is 1. The normalized spacial score (nSPS) is 12.3. The molecule has 0 bridgehead atoms. The minimum absolute atomic E-state index is 0. The maximum Gasteiger partial charge on any atom is 0.252 e. The third-order valence-corrected chi connectivity index (χ3v) is 3.68. The number of carbonyl (C=O) groups is 2. The van der Waals surface area contributed by atoms with Gasteiger partial charge in [0.2, 0.25) is 5.91 Å². The first-order valence-corrected chi connectivity index (χ1v) is 8.04. The van der Waals surface area contributed by atoms with Gasteiger partial charge in [0.1, 0.15) is 0 Å².